The fraction of sp³-hybridized carbons (Fsp3) is 0.400. The second kappa shape index (κ2) is 2.75. The van der Waals surface area contributed by atoms with Gasteiger partial charge in [0.25, 0.3) is 0 Å². The fourth-order valence-electron chi connectivity index (χ4n) is 0.0962. The van der Waals surface area contributed by atoms with Gasteiger partial charge < -0.3 is 0 Å². The molecule has 0 bridgehead atoms. The van der Waals surface area contributed by atoms with Gasteiger partial charge in [0.15, 0.2) is 0 Å². The van der Waals surface area contributed by atoms with Crippen LogP contribution < -0.4 is 0 Å². The van der Waals surface area contributed by atoms with E-state index in [9.17, 15) is 4.79 Å². The Morgan fingerprint density at radius 3 is 2.43 bits per heavy atom. The predicted molar refractivity (Wildman–Crippen MR) is 32.0 cm³/mol. The van der Waals surface area contributed by atoms with Gasteiger partial charge in [-0.25, -0.2) is 0 Å². The van der Waals surface area contributed by atoms with Crippen LogP contribution >= 0.6 is 12.6 Å². The third-order valence-corrected chi connectivity index (χ3v) is 1.10. The summed E-state index contributed by atoms with van der Waals surface area (Å²) >= 11 is 4.29. The first kappa shape index (κ1) is 6.63. The maximum Gasteiger partial charge on any atom is 0.225 e. The van der Waals surface area contributed by atoms with Gasteiger partial charge in [0.2, 0.25) is 5.12 Å². The van der Waals surface area contributed by atoms with Crippen LogP contribution in [-0.2, 0) is 4.79 Å². The van der Waals surface area contributed by atoms with E-state index in [2.05, 4.69) is 19.2 Å². The lowest BCUT2D eigenvalue weighted by atomic mass is 10.2. The van der Waals surface area contributed by atoms with Crippen LogP contribution in [0.25, 0.3) is 0 Å². The standard InChI is InChI=1S/C5H7OS/c1-3-4(2)5(6)7/h3-4H,1H2,2H3. The Morgan fingerprint density at radius 1 is 2.00 bits per heavy atom. The molecule has 0 heterocycles. The molecule has 0 amide bonds. The summed E-state index contributed by atoms with van der Waals surface area (Å²) in [6.45, 7) is 5.12. The van der Waals surface area contributed by atoms with E-state index < -0.39 is 0 Å². The number of hydrogen-bond donors (Lipinski definition) is 0. The topological polar surface area (TPSA) is 17.1 Å². The monoisotopic (exact) mass is 115 g/mol. The Morgan fingerprint density at radius 2 is 2.43 bits per heavy atom. The quantitative estimate of drug-likeness (QED) is 0.499. The number of carbonyl (C=O) groups is 1. The average molecular weight is 115 g/mol. The second-order valence-electron chi connectivity index (χ2n) is 1.34. The first-order chi connectivity index (χ1) is 3.18. The highest BCUT2D eigenvalue weighted by Crippen LogP contribution is 1.98. The molecule has 1 radical (unpaired) electrons. The lowest BCUT2D eigenvalue weighted by molar-refractivity contribution is -0.112. The molecule has 2 heteroatoms. The molecule has 0 saturated carbocycles. The molecule has 1 nitrogen and oxygen atoms in total. The lowest BCUT2D eigenvalue weighted by Gasteiger charge is -1.91. The van der Waals surface area contributed by atoms with Crippen LogP contribution in [0.2, 0.25) is 0 Å². The Bertz CT molecular complexity index is 88.1. The summed E-state index contributed by atoms with van der Waals surface area (Å²) in [6.07, 6.45) is 1.54. The van der Waals surface area contributed by atoms with Crippen molar-refractivity contribution in [3.8, 4) is 0 Å². The summed E-state index contributed by atoms with van der Waals surface area (Å²) in [4.78, 5) is 10.1. The lowest BCUT2D eigenvalue weighted by Crippen LogP contribution is -1.97. The number of hydrogen-bond acceptors (Lipinski definition) is 1. The Kier molecular flexibility index (Phi) is 2.60. The summed E-state index contributed by atoms with van der Waals surface area (Å²) < 4.78 is 0. The van der Waals surface area contributed by atoms with Crippen LogP contribution in [0, 0.1) is 5.92 Å². The van der Waals surface area contributed by atoms with Crippen molar-refractivity contribution in [3.63, 3.8) is 0 Å². The van der Waals surface area contributed by atoms with Crippen molar-refractivity contribution in [2.75, 3.05) is 0 Å². The van der Waals surface area contributed by atoms with Gasteiger partial charge in [-0.2, -0.15) is 0 Å². The summed E-state index contributed by atoms with van der Waals surface area (Å²) in [6, 6.07) is 0. The highest BCUT2D eigenvalue weighted by atomic mass is 32.1. The van der Waals surface area contributed by atoms with Gasteiger partial charge in [-0.1, -0.05) is 13.0 Å². The van der Waals surface area contributed by atoms with Gasteiger partial charge >= 0.3 is 0 Å². The fourth-order valence-corrected chi connectivity index (χ4v) is 0.192. The molecule has 0 fully saturated rings. The van der Waals surface area contributed by atoms with E-state index >= 15 is 0 Å². The Labute approximate surface area is 48.8 Å². The van der Waals surface area contributed by atoms with Crippen LogP contribution in [0.15, 0.2) is 12.7 Å². The number of allylic oxidation sites excluding steroid dienone is 1. The molecule has 7 heavy (non-hydrogen) atoms. The molecule has 0 aliphatic heterocycles. The minimum atomic E-state index is -0.241. The normalized spacial score (nSPS) is 12.7. The first-order valence-electron chi connectivity index (χ1n) is 2.02. The molecule has 0 spiro atoms. The zero-order valence-corrected chi connectivity index (χ0v) is 4.99. The van der Waals surface area contributed by atoms with E-state index in [1.54, 1.807) is 6.92 Å². The van der Waals surface area contributed by atoms with E-state index in [4.69, 9.17) is 0 Å². The molecule has 0 rings (SSSR count). The number of carbonyl (C=O) groups excluding carboxylic acids is 1. The smallest absolute Gasteiger partial charge is 0.225 e. The molecular weight excluding hydrogens is 108 g/mol. The Balaban J connectivity index is 3.55. The molecule has 39 valence electrons. The van der Waals surface area contributed by atoms with E-state index in [0.29, 0.717) is 0 Å². The highest BCUT2D eigenvalue weighted by molar-refractivity contribution is 7.96. The molecule has 0 saturated heterocycles. The Hall–Kier alpha value is -0.370. The van der Waals surface area contributed by atoms with Crippen molar-refractivity contribution >= 4 is 17.7 Å². The van der Waals surface area contributed by atoms with Crippen molar-refractivity contribution < 1.29 is 4.79 Å². The van der Waals surface area contributed by atoms with Crippen LogP contribution in [0.3, 0.4) is 0 Å². The summed E-state index contributed by atoms with van der Waals surface area (Å²) in [5.74, 6) is -0.157. The number of rotatable bonds is 2. The van der Waals surface area contributed by atoms with Gasteiger partial charge in [0.1, 0.15) is 0 Å². The molecule has 0 aliphatic carbocycles. The third-order valence-electron chi connectivity index (χ3n) is 0.725. The minimum Gasteiger partial charge on any atom is -0.281 e. The van der Waals surface area contributed by atoms with E-state index in [0.717, 1.165) is 0 Å². The predicted octanol–water partition coefficient (Wildman–Crippen LogP) is 1.53. The highest BCUT2D eigenvalue weighted by Gasteiger charge is 2.01. The maximum absolute atomic E-state index is 10.1. The molecule has 0 aromatic carbocycles. The molecule has 1 atom stereocenters. The van der Waals surface area contributed by atoms with Crippen molar-refractivity contribution in [2.45, 2.75) is 6.92 Å². The van der Waals surface area contributed by atoms with Crippen LogP contribution in [0.1, 0.15) is 6.92 Å². The molecular formula is C5H7OS. The maximum atomic E-state index is 10.1. The van der Waals surface area contributed by atoms with Gasteiger partial charge in [0.05, 0.1) is 0 Å². The minimum absolute atomic E-state index is 0.157. The van der Waals surface area contributed by atoms with Crippen LogP contribution in [-0.4, -0.2) is 5.12 Å². The SMILES string of the molecule is C=CC(C)C(=O)[S]. The summed E-state index contributed by atoms with van der Waals surface area (Å²) in [5.41, 5.74) is 0. The van der Waals surface area contributed by atoms with Crippen molar-refractivity contribution in [3.05, 3.63) is 12.7 Å². The van der Waals surface area contributed by atoms with Crippen molar-refractivity contribution in [2.24, 2.45) is 5.92 Å². The van der Waals surface area contributed by atoms with Gasteiger partial charge in [-0.15, -0.1) is 6.58 Å². The van der Waals surface area contributed by atoms with E-state index in [1.165, 1.54) is 6.08 Å². The van der Waals surface area contributed by atoms with Gasteiger partial charge in [-0.3, -0.25) is 4.79 Å². The molecule has 0 aromatic rings. The van der Waals surface area contributed by atoms with Crippen molar-refractivity contribution in [1.82, 2.24) is 0 Å². The summed E-state index contributed by atoms with van der Waals surface area (Å²) in [7, 11) is 0. The van der Waals surface area contributed by atoms with Crippen LogP contribution in [0.5, 0.6) is 0 Å². The molecule has 0 N–H and O–H groups in total. The van der Waals surface area contributed by atoms with E-state index in [-0.39, 0.29) is 11.0 Å². The molecule has 0 aromatic heterocycles. The first-order valence-corrected chi connectivity index (χ1v) is 2.42. The largest absolute Gasteiger partial charge is 0.281 e. The van der Waals surface area contributed by atoms with Gasteiger partial charge in [-0.05, 0) is 12.6 Å². The second-order valence-corrected chi connectivity index (χ2v) is 1.75. The third kappa shape index (κ3) is 2.34. The average Bonchev–Trinajstić information content (AvgIpc) is 1.65. The van der Waals surface area contributed by atoms with Gasteiger partial charge in [0, 0.05) is 5.92 Å². The van der Waals surface area contributed by atoms with Crippen LogP contribution in [0.4, 0.5) is 0 Å². The zero-order valence-electron chi connectivity index (χ0n) is 4.18. The molecule has 1 unspecified atom stereocenters. The van der Waals surface area contributed by atoms with Crippen molar-refractivity contribution in [1.29, 1.82) is 0 Å². The summed E-state index contributed by atoms with van der Waals surface area (Å²) in [5, 5.41) is -0.241. The van der Waals surface area contributed by atoms with E-state index in [1.807, 2.05) is 0 Å². The zero-order chi connectivity index (χ0) is 5.86. The molecule has 0 aliphatic rings.